The maximum absolute atomic E-state index is 13.3. The van der Waals surface area contributed by atoms with E-state index in [2.05, 4.69) is 0 Å². The zero-order chi connectivity index (χ0) is 13.4. The SMILES string of the molecule is CC(C)(C)OC(=O)N1C[C@H](F)CC1(C)C(=O)O. The van der Waals surface area contributed by atoms with Crippen LogP contribution in [0.3, 0.4) is 0 Å². The number of carbonyl (C=O) groups is 2. The molecule has 1 aliphatic heterocycles. The van der Waals surface area contributed by atoms with E-state index < -0.39 is 29.4 Å². The fourth-order valence-electron chi connectivity index (χ4n) is 1.80. The number of carbonyl (C=O) groups excluding carboxylic acids is 1. The van der Waals surface area contributed by atoms with Crippen molar-refractivity contribution in [3.05, 3.63) is 0 Å². The molecule has 0 aromatic carbocycles. The van der Waals surface area contributed by atoms with Crippen LogP contribution in [0, 0.1) is 0 Å². The Hall–Kier alpha value is -1.33. The number of halogens is 1. The molecule has 98 valence electrons. The minimum atomic E-state index is -1.53. The van der Waals surface area contributed by atoms with E-state index in [0.717, 1.165) is 4.90 Å². The van der Waals surface area contributed by atoms with Gasteiger partial charge in [0.1, 0.15) is 17.3 Å². The second-order valence-corrected chi connectivity index (χ2v) is 5.47. The van der Waals surface area contributed by atoms with Gasteiger partial charge in [-0.2, -0.15) is 0 Å². The summed E-state index contributed by atoms with van der Waals surface area (Å²) < 4.78 is 18.4. The smallest absolute Gasteiger partial charge is 0.411 e. The highest BCUT2D eigenvalue weighted by Gasteiger charge is 2.51. The van der Waals surface area contributed by atoms with Gasteiger partial charge in [-0.1, -0.05) is 0 Å². The minimum absolute atomic E-state index is 0.207. The van der Waals surface area contributed by atoms with Gasteiger partial charge in [0.2, 0.25) is 0 Å². The topological polar surface area (TPSA) is 66.8 Å². The van der Waals surface area contributed by atoms with Crippen LogP contribution < -0.4 is 0 Å². The molecule has 1 unspecified atom stereocenters. The number of ether oxygens (including phenoxy) is 1. The van der Waals surface area contributed by atoms with Crippen LogP contribution in [0.15, 0.2) is 0 Å². The molecule has 2 atom stereocenters. The molecular weight excluding hydrogens is 229 g/mol. The predicted molar refractivity (Wildman–Crippen MR) is 58.5 cm³/mol. The molecule has 1 fully saturated rings. The molecule has 0 aliphatic carbocycles. The maximum atomic E-state index is 13.3. The number of hydrogen-bond donors (Lipinski definition) is 1. The second kappa shape index (κ2) is 4.16. The Morgan fingerprint density at radius 2 is 2.00 bits per heavy atom. The quantitative estimate of drug-likeness (QED) is 0.767. The Balaban J connectivity index is 2.88. The van der Waals surface area contributed by atoms with E-state index in [4.69, 9.17) is 9.84 Å². The van der Waals surface area contributed by atoms with Gasteiger partial charge in [0.25, 0.3) is 0 Å². The van der Waals surface area contributed by atoms with Crippen LogP contribution in [0.25, 0.3) is 0 Å². The molecule has 6 heteroatoms. The van der Waals surface area contributed by atoms with Gasteiger partial charge in [-0.3, -0.25) is 4.90 Å². The first-order valence-electron chi connectivity index (χ1n) is 5.44. The van der Waals surface area contributed by atoms with Crippen molar-refractivity contribution < 1.29 is 23.8 Å². The van der Waals surface area contributed by atoms with Gasteiger partial charge in [-0.15, -0.1) is 0 Å². The maximum Gasteiger partial charge on any atom is 0.411 e. The third-order valence-electron chi connectivity index (χ3n) is 2.67. The summed E-state index contributed by atoms with van der Waals surface area (Å²) in [6.45, 7) is 6.11. The first-order valence-corrected chi connectivity index (χ1v) is 5.44. The van der Waals surface area contributed by atoms with Crippen molar-refractivity contribution in [3.63, 3.8) is 0 Å². The van der Waals surface area contributed by atoms with Crippen LogP contribution in [0.1, 0.15) is 34.1 Å². The summed E-state index contributed by atoms with van der Waals surface area (Å²) in [5, 5.41) is 9.09. The molecule has 1 amide bonds. The summed E-state index contributed by atoms with van der Waals surface area (Å²) in [7, 11) is 0. The monoisotopic (exact) mass is 247 g/mol. The molecular formula is C11H18FNO4. The van der Waals surface area contributed by atoms with Crippen molar-refractivity contribution in [3.8, 4) is 0 Å². The number of amides is 1. The van der Waals surface area contributed by atoms with Crippen LogP contribution in [0.5, 0.6) is 0 Å². The molecule has 1 aliphatic rings. The van der Waals surface area contributed by atoms with E-state index in [-0.39, 0.29) is 13.0 Å². The van der Waals surface area contributed by atoms with Gasteiger partial charge < -0.3 is 9.84 Å². The first-order chi connectivity index (χ1) is 7.56. The molecule has 0 radical (unpaired) electrons. The average Bonchev–Trinajstić information content (AvgIpc) is 2.40. The summed E-state index contributed by atoms with van der Waals surface area (Å²) in [5.41, 5.74) is -2.26. The average molecular weight is 247 g/mol. The van der Waals surface area contributed by atoms with E-state index in [1.165, 1.54) is 6.92 Å². The molecule has 1 heterocycles. The molecule has 1 N–H and O–H groups in total. The molecule has 5 nitrogen and oxygen atoms in total. The number of carboxylic acids is 1. The summed E-state index contributed by atoms with van der Waals surface area (Å²) in [6, 6.07) is 0. The van der Waals surface area contributed by atoms with E-state index >= 15 is 0 Å². The third kappa shape index (κ3) is 2.87. The van der Waals surface area contributed by atoms with Crippen molar-refractivity contribution >= 4 is 12.1 Å². The molecule has 0 bridgehead atoms. The predicted octanol–water partition coefficient (Wildman–Crippen LogP) is 1.81. The van der Waals surface area contributed by atoms with Crippen LogP contribution in [0.2, 0.25) is 0 Å². The lowest BCUT2D eigenvalue weighted by molar-refractivity contribution is -0.148. The zero-order valence-corrected chi connectivity index (χ0v) is 10.5. The van der Waals surface area contributed by atoms with E-state index in [1.54, 1.807) is 20.8 Å². The number of aliphatic carboxylic acids is 1. The lowest BCUT2D eigenvalue weighted by atomic mass is 9.99. The van der Waals surface area contributed by atoms with Gasteiger partial charge >= 0.3 is 12.1 Å². The molecule has 0 spiro atoms. The largest absolute Gasteiger partial charge is 0.480 e. The highest BCUT2D eigenvalue weighted by atomic mass is 19.1. The van der Waals surface area contributed by atoms with Gasteiger partial charge in [-0.05, 0) is 27.7 Å². The lowest BCUT2D eigenvalue weighted by Crippen LogP contribution is -2.52. The Bertz CT molecular complexity index is 339. The lowest BCUT2D eigenvalue weighted by Gasteiger charge is -2.32. The zero-order valence-electron chi connectivity index (χ0n) is 10.5. The highest BCUT2D eigenvalue weighted by molar-refractivity contribution is 5.85. The first kappa shape index (κ1) is 13.7. The third-order valence-corrected chi connectivity index (χ3v) is 2.67. The van der Waals surface area contributed by atoms with Crippen LogP contribution in [-0.4, -0.2) is 45.9 Å². The Morgan fingerprint density at radius 3 is 2.41 bits per heavy atom. The van der Waals surface area contributed by atoms with Gasteiger partial charge in [0.05, 0.1) is 6.54 Å². The molecule has 0 aromatic heterocycles. The van der Waals surface area contributed by atoms with Crippen molar-refractivity contribution in [2.75, 3.05) is 6.54 Å². The van der Waals surface area contributed by atoms with E-state index in [0.29, 0.717) is 0 Å². The molecule has 0 aromatic rings. The summed E-state index contributed by atoms with van der Waals surface area (Å²) >= 11 is 0. The number of carboxylic acid groups (broad SMARTS) is 1. The standard InChI is InChI=1S/C11H18FNO4/c1-10(2,3)17-9(16)13-6-7(12)5-11(13,4)8(14)15/h7H,5-6H2,1-4H3,(H,14,15)/t7-,11?/m1/s1. The van der Waals surface area contributed by atoms with E-state index in [1.807, 2.05) is 0 Å². The molecule has 17 heavy (non-hydrogen) atoms. The van der Waals surface area contributed by atoms with Crippen molar-refractivity contribution in [1.29, 1.82) is 0 Å². The Labute approximate surface area is 99.5 Å². The Kier molecular flexibility index (Phi) is 3.36. The number of rotatable bonds is 1. The Morgan fingerprint density at radius 1 is 1.47 bits per heavy atom. The summed E-state index contributed by atoms with van der Waals surface area (Å²) in [5.74, 6) is -1.22. The van der Waals surface area contributed by atoms with Crippen LogP contribution in [-0.2, 0) is 9.53 Å². The van der Waals surface area contributed by atoms with Gasteiger partial charge in [0.15, 0.2) is 0 Å². The van der Waals surface area contributed by atoms with Crippen molar-refractivity contribution in [2.45, 2.75) is 51.4 Å². The highest BCUT2D eigenvalue weighted by Crippen LogP contribution is 2.32. The number of alkyl halides is 1. The minimum Gasteiger partial charge on any atom is -0.480 e. The van der Waals surface area contributed by atoms with Crippen molar-refractivity contribution in [1.82, 2.24) is 4.90 Å². The molecule has 1 saturated heterocycles. The van der Waals surface area contributed by atoms with Crippen LogP contribution in [0.4, 0.5) is 9.18 Å². The summed E-state index contributed by atoms with van der Waals surface area (Å²) in [4.78, 5) is 23.9. The van der Waals surface area contributed by atoms with Gasteiger partial charge in [0, 0.05) is 6.42 Å². The van der Waals surface area contributed by atoms with Crippen molar-refractivity contribution in [2.24, 2.45) is 0 Å². The number of nitrogens with zero attached hydrogens (tertiary/aromatic N) is 1. The summed E-state index contributed by atoms with van der Waals surface area (Å²) in [6.07, 6.45) is -2.33. The van der Waals surface area contributed by atoms with E-state index in [9.17, 15) is 14.0 Å². The number of likely N-dealkylation sites (tertiary alicyclic amines) is 1. The number of hydrogen-bond acceptors (Lipinski definition) is 3. The van der Waals surface area contributed by atoms with Crippen LogP contribution >= 0.6 is 0 Å². The fourth-order valence-corrected chi connectivity index (χ4v) is 1.80. The van der Waals surface area contributed by atoms with Gasteiger partial charge in [-0.25, -0.2) is 14.0 Å². The normalized spacial score (nSPS) is 29.2. The second-order valence-electron chi connectivity index (χ2n) is 5.47. The fraction of sp³-hybridized carbons (Fsp3) is 0.818. The molecule has 0 saturated carbocycles. The molecule has 1 rings (SSSR count).